The predicted octanol–water partition coefficient (Wildman–Crippen LogP) is 5.48. The van der Waals surface area contributed by atoms with Gasteiger partial charge < -0.3 is 15.0 Å². The average Bonchev–Trinajstić information content (AvgIpc) is 3.35. The lowest BCUT2D eigenvalue weighted by atomic mass is 10.1. The highest BCUT2D eigenvalue weighted by molar-refractivity contribution is 6.08. The maximum atomic E-state index is 13.1. The fraction of sp³-hybridized carbons (Fsp3) is 0.103. The first-order valence-electron chi connectivity index (χ1n) is 11.7. The Morgan fingerprint density at radius 2 is 1.73 bits per heavy atom. The van der Waals surface area contributed by atoms with Crippen molar-refractivity contribution in [1.82, 2.24) is 20.3 Å². The highest BCUT2D eigenvalue weighted by Crippen LogP contribution is 2.24. The topological polar surface area (TPSA) is 97.0 Å². The molecular weight excluding hydrogens is 471 g/mol. The molecule has 37 heavy (non-hydrogen) atoms. The molecule has 0 spiro atoms. The van der Waals surface area contributed by atoms with Gasteiger partial charge in [0.25, 0.3) is 5.91 Å². The number of ketones is 1. The predicted molar refractivity (Wildman–Crippen MR) is 137 cm³/mol. The molecule has 0 unspecified atom stereocenters. The van der Waals surface area contributed by atoms with Gasteiger partial charge in [-0.05, 0) is 79.6 Å². The van der Waals surface area contributed by atoms with E-state index in [9.17, 15) is 14.0 Å². The number of rotatable bonds is 8. The van der Waals surface area contributed by atoms with E-state index in [1.165, 1.54) is 18.3 Å². The van der Waals surface area contributed by atoms with E-state index in [4.69, 9.17) is 4.74 Å². The van der Waals surface area contributed by atoms with Crippen LogP contribution in [0.3, 0.4) is 0 Å². The Kier molecular flexibility index (Phi) is 6.72. The molecule has 5 rings (SSSR count). The van der Waals surface area contributed by atoms with E-state index in [-0.39, 0.29) is 40.8 Å². The minimum atomic E-state index is -0.339. The van der Waals surface area contributed by atoms with Gasteiger partial charge in [0.2, 0.25) is 11.7 Å². The van der Waals surface area contributed by atoms with Crippen molar-refractivity contribution in [2.45, 2.75) is 19.4 Å². The minimum absolute atomic E-state index is 0.144. The normalized spacial score (nSPS) is 11.7. The summed E-state index contributed by atoms with van der Waals surface area (Å²) in [5, 5.41) is 2.93. The van der Waals surface area contributed by atoms with Gasteiger partial charge in [-0.15, -0.1) is 0 Å². The first-order valence-corrected chi connectivity index (χ1v) is 11.7. The number of ether oxygens (including phenoxy) is 1. The molecule has 8 heteroatoms. The van der Waals surface area contributed by atoms with Crippen molar-refractivity contribution in [2.75, 3.05) is 0 Å². The quantitative estimate of drug-likeness (QED) is 0.279. The maximum Gasteiger partial charge on any atom is 0.257 e. The second kappa shape index (κ2) is 10.4. The third kappa shape index (κ3) is 5.54. The van der Waals surface area contributed by atoms with E-state index in [1.54, 1.807) is 48.5 Å². The van der Waals surface area contributed by atoms with Crippen LogP contribution in [0.1, 0.15) is 39.0 Å². The van der Waals surface area contributed by atoms with Crippen LogP contribution in [0.4, 0.5) is 4.39 Å². The molecular formula is C29H23FN4O3. The molecule has 0 aliphatic carbocycles. The average molecular weight is 495 g/mol. The molecule has 2 N–H and O–H groups in total. The van der Waals surface area contributed by atoms with Crippen LogP contribution in [0.2, 0.25) is 0 Å². The Bertz CT molecular complexity index is 1530. The smallest absolute Gasteiger partial charge is 0.257 e. The van der Waals surface area contributed by atoms with Crippen molar-refractivity contribution in [3.8, 4) is 11.6 Å². The Hall–Kier alpha value is -4.85. The lowest BCUT2D eigenvalue weighted by Crippen LogP contribution is -2.34. The Labute approximate surface area is 212 Å². The van der Waals surface area contributed by atoms with Gasteiger partial charge in [0.05, 0.1) is 11.0 Å². The summed E-state index contributed by atoms with van der Waals surface area (Å²) in [5.74, 6) is -0.0541. The second-order valence-corrected chi connectivity index (χ2v) is 8.62. The van der Waals surface area contributed by atoms with Crippen molar-refractivity contribution in [2.24, 2.45) is 0 Å². The van der Waals surface area contributed by atoms with Crippen LogP contribution < -0.4 is 10.1 Å². The van der Waals surface area contributed by atoms with Crippen molar-refractivity contribution >= 4 is 22.7 Å². The Morgan fingerprint density at radius 3 is 2.49 bits per heavy atom. The first kappa shape index (κ1) is 23.9. The fourth-order valence-corrected chi connectivity index (χ4v) is 3.95. The number of para-hydroxylation sites is 2. The number of H-pyrrole nitrogens is 1. The van der Waals surface area contributed by atoms with Gasteiger partial charge in [0.1, 0.15) is 17.1 Å². The molecule has 1 amide bonds. The summed E-state index contributed by atoms with van der Waals surface area (Å²) in [5.41, 5.74) is 3.14. The summed E-state index contributed by atoms with van der Waals surface area (Å²) >= 11 is 0. The summed E-state index contributed by atoms with van der Waals surface area (Å²) in [7, 11) is 0. The molecule has 0 saturated carbocycles. The van der Waals surface area contributed by atoms with Crippen LogP contribution in [0, 0.1) is 5.82 Å². The number of nitrogens with one attached hydrogen (secondary N) is 2. The first-order chi connectivity index (χ1) is 18.0. The third-order valence-corrected chi connectivity index (χ3v) is 5.78. The second-order valence-electron chi connectivity index (χ2n) is 8.62. The van der Waals surface area contributed by atoms with Gasteiger partial charge in [-0.25, -0.2) is 14.4 Å². The minimum Gasteiger partial charge on any atom is -0.438 e. The lowest BCUT2D eigenvalue weighted by Gasteiger charge is -2.15. The van der Waals surface area contributed by atoms with Crippen molar-refractivity contribution in [3.05, 3.63) is 119 Å². The molecule has 5 aromatic rings. The Morgan fingerprint density at radius 1 is 0.973 bits per heavy atom. The molecule has 0 saturated heterocycles. The zero-order chi connectivity index (χ0) is 25.8. The number of fused-ring (bicyclic) bond motifs is 1. The standard InChI is InChI=1S/C29H23FN4O3/c1-18(17-19-8-12-21(30)13-9-19)32-28(36)23-5-4-16-31-29(23)37-22-14-10-20(11-15-22)26(35)27-33-24-6-2-3-7-25(24)34-27/h2-16,18H,17H2,1H3,(H,32,36)(H,33,34)/t18-/m1/s1. The van der Waals surface area contributed by atoms with Crippen LogP contribution >= 0.6 is 0 Å². The van der Waals surface area contributed by atoms with Crippen LogP contribution in [-0.4, -0.2) is 32.7 Å². The van der Waals surface area contributed by atoms with Crippen LogP contribution in [0.5, 0.6) is 11.6 Å². The molecule has 3 aromatic carbocycles. The fourth-order valence-electron chi connectivity index (χ4n) is 3.95. The van der Waals surface area contributed by atoms with Crippen molar-refractivity contribution < 1.29 is 18.7 Å². The molecule has 184 valence electrons. The van der Waals surface area contributed by atoms with E-state index < -0.39 is 0 Å². The number of carbonyl (C=O) groups is 2. The molecule has 0 aliphatic heterocycles. The highest BCUT2D eigenvalue weighted by Gasteiger charge is 2.18. The molecule has 7 nitrogen and oxygen atoms in total. The molecule has 0 radical (unpaired) electrons. The van der Waals surface area contributed by atoms with Gasteiger partial charge in [0, 0.05) is 17.8 Å². The molecule has 0 bridgehead atoms. The van der Waals surface area contributed by atoms with Gasteiger partial charge in [-0.3, -0.25) is 9.59 Å². The van der Waals surface area contributed by atoms with E-state index in [1.807, 2.05) is 31.2 Å². The summed E-state index contributed by atoms with van der Waals surface area (Å²) in [6.45, 7) is 1.87. The number of halogens is 1. The molecule has 1 atom stereocenters. The summed E-state index contributed by atoms with van der Waals surface area (Å²) in [6, 6.07) is 23.3. The number of aromatic amines is 1. The number of amides is 1. The number of carbonyl (C=O) groups excluding carboxylic acids is 2. The Balaban J connectivity index is 1.26. The molecule has 2 aromatic heterocycles. The van der Waals surface area contributed by atoms with Crippen molar-refractivity contribution in [1.29, 1.82) is 0 Å². The number of hydrogen-bond acceptors (Lipinski definition) is 5. The molecule has 0 fully saturated rings. The largest absolute Gasteiger partial charge is 0.438 e. The van der Waals surface area contributed by atoms with E-state index >= 15 is 0 Å². The number of pyridine rings is 1. The number of aromatic nitrogens is 3. The zero-order valence-corrected chi connectivity index (χ0v) is 19.9. The number of nitrogens with zero attached hydrogens (tertiary/aromatic N) is 2. The van der Waals surface area contributed by atoms with E-state index in [2.05, 4.69) is 20.3 Å². The van der Waals surface area contributed by atoms with Gasteiger partial charge in [0.15, 0.2) is 5.82 Å². The highest BCUT2D eigenvalue weighted by atomic mass is 19.1. The summed E-state index contributed by atoms with van der Waals surface area (Å²) in [4.78, 5) is 37.4. The van der Waals surface area contributed by atoms with Crippen LogP contribution in [-0.2, 0) is 6.42 Å². The van der Waals surface area contributed by atoms with Gasteiger partial charge in [-0.1, -0.05) is 24.3 Å². The van der Waals surface area contributed by atoms with Crippen LogP contribution in [0.15, 0.2) is 91.1 Å². The van der Waals surface area contributed by atoms with Gasteiger partial charge in [-0.2, -0.15) is 0 Å². The van der Waals surface area contributed by atoms with E-state index in [0.29, 0.717) is 17.7 Å². The maximum absolute atomic E-state index is 13.1. The number of benzene rings is 3. The van der Waals surface area contributed by atoms with Crippen LogP contribution in [0.25, 0.3) is 11.0 Å². The molecule has 2 heterocycles. The SMILES string of the molecule is C[C@H](Cc1ccc(F)cc1)NC(=O)c1cccnc1Oc1ccc(C(=O)c2nc3ccccc3[nH]2)cc1. The summed E-state index contributed by atoms with van der Waals surface area (Å²) in [6.07, 6.45) is 2.08. The number of hydrogen-bond donors (Lipinski definition) is 2. The van der Waals surface area contributed by atoms with Crippen molar-refractivity contribution in [3.63, 3.8) is 0 Å². The van der Waals surface area contributed by atoms with Gasteiger partial charge >= 0.3 is 0 Å². The molecule has 0 aliphatic rings. The third-order valence-electron chi connectivity index (χ3n) is 5.78. The number of imidazole rings is 1. The monoisotopic (exact) mass is 494 g/mol. The van der Waals surface area contributed by atoms with E-state index in [0.717, 1.165) is 16.6 Å². The zero-order valence-electron chi connectivity index (χ0n) is 19.9. The lowest BCUT2D eigenvalue weighted by molar-refractivity contribution is 0.0936. The summed E-state index contributed by atoms with van der Waals surface area (Å²) < 4.78 is 19.0.